The van der Waals surface area contributed by atoms with E-state index in [4.69, 9.17) is 5.73 Å². The van der Waals surface area contributed by atoms with E-state index in [9.17, 15) is 4.79 Å². The number of hydrogen-bond acceptors (Lipinski definition) is 3. The SMILES string of the molecule is Cc1ccc(NC(=O)C2(N)CCCCC2)cc1N(C)C. The minimum absolute atomic E-state index is 0.0502. The summed E-state index contributed by atoms with van der Waals surface area (Å²) >= 11 is 0. The van der Waals surface area contributed by atoms with Gasteiger partial charge in [0.15, 0.2) is 0 Å². The topological polar surface area (TPSA) is 58.4 Å². The van der Waals surface area contributed by atoms with Gasteiger partial charge in [-0.05, 0) is 37.5 Å². The Bertz CT molecular complexity index is 490. The summed E-state index contributed by atoms with van der Waals surface area (Å²) in [6, 6.07) is 5.96. The fraction of sp³-hybridized carbons (Fsp3) is 0.562. The molecule has 1 saturated carbocycles. The third kappa shape index (κ3) is 3.12. The molecule has 0 heterocycles. The molecule has 0 unspecified atom stereocenters. The molecule has 0 spiro atoms. The Hall–Kier alpha value is -1.55. The lowest BCUT2D eigenvalue weighted by Gasteiger charge is -2.32. The second-order valence-electron chi connectivity index (χ2n) is 6.07. The smallest absolute Gasteiger partial charge is 0.244 e. The van der Waals surface area contributed by atoms with Crippen LogP contribution in [0.15, 0.2) is 18.2 Å². The number of nitrogens with one attached hydrogen (secondary N) is 1. The van der Waals surface area contributed by atoms with Gasteiger partial charge in [0.05, 0.1) is 5.54 Å². The third-order valence-electron chi connectivity index (χ3n) is 4.15. The molecular formula is C16H25N3O. The number of nitrogens with two attached hydrogens (primary N) is 1. The average Bonchev–Trinajstić information content (AvgIpc) is 2.41. The maximum absolute atomic E-state index is 12.4. The van der Waals surface area contributed by atoms with E-state index in [-0.39, 0.29) is 5.91 Å². The summed E-state index contributed by atoms with van der Waals surface area (Å²) < 4.78 is 0. The largest absolute Gasteiger partial charge is 0.377 e. The first kappa shape index (κ1) is 14.9. The quantitative estimate of drug-likeness (QED) is 0.891. The Labute approximate surface area is 121 Å². The highest BCUT2D eigenvalue weighted by atomic mass is 16.2. The van der Waals surface area contributed by atoms with Gasteiger partial charge in [-0.2, -0.15) is 0 Å². The van der Waals surface area contributed by atoms with Gasteiger partial charge in [-0.15, -0.1) is 0 Å². The van der Waals surface area contributed by atoms with Crippen LogP contribution in [0.2, 0.25) is 0 Å². The Morgan fingerprint density at radius 1 is 1.25 bits per heavy atom. The highest BCUT2D eigenvalue weighted by Crippen LogP contribution is 2.28. The molecule has 110 valence electrons. The summed E-state index contributed by atoms with van der Waals surface area (Å²) in [5.74, 6) is -0.0502. The summed E-state index contributed by atoms with van der Waals surface area (Å²) in [7, 11) is 4.00. The molecular weight excluding hydrogens is 250 g/mol. The van der Waals surface area contributed by atoms with Crippen LogP contribution in [0.1, 0.15) is 37.7 Å². The van der Waals surface area contributed by atoms with Gasteiger partial charge in [0.25, 0.3) is 0 Å². The summed E-state index contributed by atoms with van der Waals surface area (Å²) in [4.78, 5) is 14.5. The van der Waals surface area contributed by atoms with Crippen molar-refractivity contribution in [3.8, 4) is 0 Å². The molecule has 1 aliphatic carbocycles. The van der Waals surface area contributed by atoms with Crippen LogP contribution in [-0.2, 0) is 4.79 Å². The Balaban J connectivity index is 2.13. The molecule has 3 N–H and O–H groups in total. The second-order valence-corrected chi connectivity index (χ2v) is 6.07. The number of rotatable bonds is 3. The predicted octanol–water partition coefficient (Wildman–Crippen LogP) is 2.66. The number of hydrogen-bond donors (Lipinski definition) is 2. The van der Waals surface area contributed by atoms with Crippen molar-refractivity contribution in [1.82, 2.24) is 0 Å². The number of aryl methyl sites for hydroxylation is 1. The molecule has 1 amide bonds. The predicted molar refractivity (Wildman–Crippen MR) is 84.1 cm³/mol. The van der Waals surface area contributed by atoms with Gasteiger partial charge in [-0.1, -0.05) is 25.3 Å². The number of benzene rings is 1. The molecule has 0 aromatic heterocycles. The highest BCUT2D eigenvalue weighted by molar-refractivity contribution is 5.98. The number of nitrogens with zero attached hydrogens (tertiary/aromatic N) is 1. The van der Waals surface area contributed by atoms with Crippen LogP contribution in [0, 0.1) is 6.92 Å². The molecule has 0 radical (unpaired) electrons. The van der Waals surface area contributed by atoms with Crippen LogP contribution in [0.3, 0.4) is 0 Å². The van der Waals surface area contributed by atoms with E-state index < -0.39 is 5.54 Å². The van der Waals surface area contributed by atoms with Crippen LogP contribution < -0.4 is 16.0 Å². The molecule has 0 saturated heterocycles. The molecule has 4 heteroatoms. The van der Waals surface area contributed by atoms with E-state index in [1.54, 1.807) is 0 Å². The van der Waals surface area contributed by atoms with Crippen molar-refractivity contribution in [3.63, 3.8) is 0 Å². The zero-order valence-corrected chi connectivity index (χ0v) is 12.7. The van der Waals surface area contributed by atoms with Gasteiger partial charge in [0.2, 0.25) is 5.91 Å². The Morgan fingerprint density at radius 2 is 1.90 bits per heavy atom. The molecule has 1 aromatic carbocycles. The van der Waals surface area contributed by atoms with Crippen molar-refractivity contribution in [2.45, 2.75) is 44.6 Å². The van der Waals surface area contributed by atoms with Gasteiger partial charge in [-0.3, -0.25) is 4.79 Å². The average molecular weight is 275 g/mol. The van der Waals surface area contributed by atoms with Crippen molar-refractivity contribution in [2.75, 3.05) is 24.3 Å². The molecule has 20 heavy (non-hydrogen) atoms. The van der Waals surface area contributed by atoms with Crippen LogP contribution in [0.25, 0.3) is 0 Å². The fourth-order valence-corrected chi connectivity index (χ4v) is 2.83. The molecule has 1 aliphatic rings. The number of carbonyl (C=O) groups is 1. The molecule has 1 aromatic rings. The van der Waals surface area contributed by atoms with Crippen molar-refractivity contribution in [3.05, 3.63) is 23.8 Å². The number of carbonyl (C=O) groups excluding carboxylic acids is 1. The molecule has 1 fully saturated rings. The summed E-state index contributed by atoms with van der Waals surface area (Å²) in [5, 5.41) is 2.98. The van der Waals surface area contributed by atoms with Gasteiger partial charge in [0.1, 0.15) is 0 Å². The van der Waals surface area contributed by atoms with E-state index in [0.29, 0.717) is 0 Å². The van der Waals surface area contributed by atoms with Gasteiger partial charge in [0, 0.05) is 25.5 Å². The number of amides is 1. The van der Waals surface area contributed by atoms with Crippen LogP contribution >= 0.6 is 0 Å². The molecule has 0 atom stereocenters. The standard InChI is InChI=1S/C16H25N3O/c1-12-7-8-13(11-14(12)19(2)3)18-15(20)16(17)9-5-4-6-10-16/h7-8,11H,4-6,9-10,17H2,1-3H3,(H,18,20). The first-order valence-corrected chi connectivity index (χ1v) is 7.31. The normalized spacial score (nSPS) is 17.6. The van der Waals surface area contributed by atoms with Gasteiger partial charge < -0.3 is 16.0 Å². The highest BCUT2D eigenvalue weighted by Gasteiger charge is 2.35. The minimum atomic E-state index is -0.693. The van der Waals surface area contributed by atoms with Crippen LogP contribution in [-0.4, -0.2) is 25.5 Å². The molecule has 0 bridgehead atoms. The number of anilines is 2. The Kier molecular flexibility index (Phi) is 4.33. The third-order valence-corrected chi connectivity index (χ3v) is 4.15. The van der Waals surface area contributed by atoms with Crippen LogP contribution in [0.5, 0.6) is 0 Å². The van der Waals surface area contributed by atoms with Crippen molar-refractivity contribution >= 4 is 17.3 Å². The van der Waals surface area contributed by atoms with Gasteiger partial charge >= 0.3 is 0 Å². The van der Waals surface area contributed by atoms with E-state index in [2.05, 4.69) is 12.2 Å². The van der Waals surface area contributed by atoms with Crippen molar-refractivity contribution < 1.29 is 4.79 Å². The Morgan fingerprint density at radius 3 is 2.50 bits per heavy atom. The maximum atomic E-state index is 12.4. The summed E-state index contributed by atoms with van der Waals surface area (Å²) in [5.41, 5.74) is 8.68. The monoisotopic (exact) mass is 275 g/mol. The summed E-state index contributed by atoms with van der Waals surface area (Å²) in [6.07, 6.45) is 4.83. The first-order chi connectivity index (χ1) is 9.42. The summed E-state index contributed by atoms with van der Waals surface area (Å²) in [6.45, 7) is 2.06. The molecule has 4 nitrogen and oxygen atoms in total. The molecule has 0 aliphatic heterocycles. The lowest BCUT2D eigenvalue weighted by Crippen LogP contribution is -2.52. The zero-order valence-electron chi connectivity index (χ0n) is 12.7. The maximum Gasteiger partial charge on any atom is 0.244 e. The lowest BCUT2D eigenvalue weighted by atomic mass is 9.82. The molecule has 2 rings (SSSR count). The zero-order chi connectivity index (χ0) is 14.8. The van der Waals surface area contributed by atoms with E-state index in [1.807, 2.05) is 37.2 Å². The van der Waals surface area contributed by atoms with Crippen LogP contribution in [0.4, 0.5) is 11.4 Å². The minimum Gasteiger partial charge on any atom is -0.377 e. The van der Waals surface area contributed by atoms with Gasteiger partial charge in [-0.25, -0.2) is 0 Å². The lowest BCUT2D eigenvalue weighted by molar-refractivity contribution is -0.122. The van der Waals surface area contributed by atoms with Crippen molar-refractivity contribution in [1.29, 1.82) is 0 Å². The van der Waals surface area contributed by atoms with Crippen molar-refractivity contribution in [2.24, 2.45) is 5.73 Å². The van der Waals surface area contributed by atoms with E-state index in [1.165, 1.54) is 12.0 Å². The van der Waals surface area contributed by atoms with E-state index >= 15 is 0 Å². The second kappa shape index (κ2) is 5.83. The van der Waals surface area contributed by atoms with E-state index in [0.717, 1.165) is 37.1 Å². The fourth-order valence-electron chi connectivity index (χ4n) is 2.83. The first-order valence-electron chi connectivity index (χ1n) is 7.31.